The fraction of sp³-hybridized carbons (Fsp3) is 0.238. The lowest BCUT2D eigenvalue weighted by atomic mass is 10.2. The maximum absolute atomic E-state index is 14.4. The Kier molecular flexibility index (Phi) is 4.39. The molecule has 1 aromatic heterocycles. The number of benzene rings is 2. The van der Waals surface area contributed by atoms with Crippen LogP contribution in [0.3, 0.4) is 0 Å². The van der Waals surface area contributed by atoms with Crippen molar-refractivity contribution in [2.75, 3.05) is 12.4 Å². The number of hydrogen-bond acceptors (Lipinski definition) is 3. The van der Waals surface area contributed by atoms with Gasteiger partial charge in [-0.1, -0.05) is 31.2 Å². The zero-order valence-corrected chi connectivity index (χ0v) is 15.1. The molecule has 2 aromatic carbocycles. The summed E-state index contributed by atoms with van der Waals surface area (Å²) in [4.78, 5) is 12.7. The Hall–Kier alpha value is -3.15. The van der Waals surface area contributed by atoms with Gasteiger partial charge < -0.3 is 10.1 Å². The van der Waals surface area contributed by atoms with Crippen molar-refractivity contribution in [3.05, 3.63) is 71.7 Å². The third-order valence-electron chi connectivity index (χ3n) is 4.89. The summed E-state index contributed by atoms with van der Waals surface area (Å²) >= 11 is 0. The van der Waals surface area contributed by atoms with E-state index in [9.17, 15) is 9.18 Å². The standard InChI is InChI=1S/C21H20FN3O2/c1-13-11-16(13)17-12-19(25(24-17)14-7-4-3-5-8-14)23-21(26)15-9-6-10-18(27-2)20(15)22/h3-10,12-13,16H,11H2,1-2H3,(H,23,26)/t13-,16+/m0/s1. The average Bonchev–Trinajstić information content (AvgIpc) is 3.27. The van der Waals surface area contributed by atoms with Crippen molar-refractivity contribution in [2.45, 2.75) is 19.3 Å². The summed E-state index contributed by atoms with van der Waals surface area (Å²) in [5.41, 5.74) is 1.70. The maximum atomic E-state index is 14.4. The summed E-state index contributed by atoms with van der Waals surface area (Å²) in [7, 11) is 1.37. The second-order valence-corrected chi connectivity index (χ2v) is 6.80. The molecule has 0 unspecified atom stereocenters. The van der Waals surface area contributed by atoms with E-state index in [1.54, 1.807) is 10.7 Å². The Morgan fingerprint density at radius 2 is 1.96 bits per heavy atom. The van der Waals surface area contributed by atoms with Crippen LogP contribution in [0.5, 0.6) is 5.75 Å². The van der Waals surface area contributed by atoms with E-state index in [1.165, 1.54) is 19.2 Å². The molecule has 6 heteroatoms. The van der Waals surface area contributed by atoms with Gasteiger partial charge in [0.2, 0.25) is 0 Å². The van der Waals surface area contributed by atoms with E-state index in [4.69, 9.17) is 4.74 Å². The fourth-order valence-electron chi connectivity index (χ4n) is 3.20. The van der Waals surface area contributed by atoms with Gasteiger partial charge in [-0.2, -0.15) is 5.10 Å². The Bertz CT molecular complexity index is 984. The molecule has 1 aliphatic carbocycles. The zero-order valence-electron chi connectivity index (χ0n) is 15.1. The number of halogens is 1. The first kappa shape index (κ1) is 17.3. The number of anilines is 1. The minimum Gasteiger partial charge on any atom is -0.494 e. The molecule has 5 nitrogen and oxygen atoms in total. The van der Waals surface area contributed by atoms with Crippen molar-refractivity contribution in [3.8, 4) is 11.4 Å². The monoisotopic (exact) mass is 365 g/mol. The molecule has 1 N–H and O–H groups in total. The molecule has 27 heavy (non-hydrogen) atoms. The molecular weight excluding hydrogens is 345 g/mol. The number of carbonyl (C=O) groups is 1. The minimum atomic E-state index is -0.681. The molecule has 138 valence electrons. The molecule has 0 saturated heterocycles. The SMILES string of the molecule is COc1cccc(C(=O)Nc2cc([C@@H]3C[C@@H]3C)nn2-c2ccccc2)c1F. The zero-order chi connectivity index (χ0) is 19.0. The fourth-order valence-corrected chi connectivity index (χ4v) is 3.20. The van der Waals surface area contributed by atoms with Gasteiger partial charge in [0.05, 0.1) is 24.1 Å². The van der Waals surface area contributed by atoms with Crippen molar-refractivity contribution in [2.24, 2.45) is 5.92 Å². The van der Waals surface area contributed by atoms with Crippen LogP contribution in [0, 0.1) is 11.7 Å². The van der Waals surface area contributed by atoms with Gasteiger partial charge in [-0.05, 0) is 36.6 Å². The quantitative estimate of drug-likeness (QED) is 0.729. The molecule has 1 heterocycles. The molecule has 0 bridgehead atoms. The molecule has 1 saturated carbocycles. The lowest BCUT2D eigenvalue weighted by Crippen LogP contribution is -2.16. The van der Waals surface area contributed by atoms with E-state index in [1.807, 2.05) is 36.4 Å². The Balaban J connectivity index is 1.69. The lowest BCUT2D eigenvalue weighted by molar-refractivity contribution is 0.102. The first-order valence-corrected chi connectivity index (χ1v) is 8.87. The van der Waals surface area contributed by atoms with Crippen LogP contribution in [-0.4, -0.2) is 22.8 Å². The molecule has 2 atom stereocenters. The van der Waals surface area contributed by atoms with Crippen molar-refractivity contribution < 1.29 is 13.9 Å². The van der Waals surface area contributed by atoms with Crippen LogP contribution in [0.4, 0.5) is 10.2 Å². The topological polar surface area (TPSA) is 56.1 Å². The third kappa shape index (κ3) is 3.30. The highest BCUT2D eigenvalue weighted by molar-refractivity contribution is 6.04. The molecule has 1 aliphatic rings. The van der Waals surface area contributed by atoms with Crippen LogP contribution in [0.2, 0.25) is 0 Å². The van der Waals surface area contributed by atoms with Gasteiger partial charge in [0.15, 0.2) is 11.6 Å². The largest absolute Gasteiger partial charge is 0.494 e. The Morgan fingerprint density at radius 3 is 2.63 bits per heavy atom. The Morgan fingerprint density at radius 1 is 1.22 bits per heavy atom. The van der Waals surface area contributed by atoms with Gasteiger partial charge in [-0.25, -0.2) is 9.07 Å². The predicted molar refractivity (Wildman–Crippen MR) is 101 cm³/mol. The molecular formula is C21H20FN3O2. The molecule has 1 amide bonds. The average molecular weight is 365 g/mol. The molecule has 0 radical (unpaired) electrons. The summed E-state index contributed by atoms with van der Waals surface area (Å²) in [5, 5.41) is 7.48. The maximum Gasteiger partial charge on any atom is 0.259 e. The first-order valence-electron chi connectivity index (χ1n) is 8.87. The number of aromatic nitrogens is 2. The van der Waals surface area contributed by atoms with Gasteiger partial charge in [0, 0.05) is 12.0 Å². The highest BCUT2D eigenvalue weighted by Crippen LogP contribution is 2.47. The second-order valence-electron chi connectivity index (χ2n) is 6.80. The van der Waals surface area contributed by atoms with E-state index in [0.717, 1.165) is 17.8 Å². The Labute approximate surface area is 156 Å². The van der Waals surface area contributed by atoms with Crippen LogP contribution in [0.15, 0.2) is 54.6 Å². The number of carbonyl (C=O) groups excluding carboxylic acids is 1. The lowest BCUT2D eigenvalue weighted by Gasteiger charge is -2.10. The number of hydrogen-bond donors (Lipinski definition) is 1. The smallest absolute Gasteiger partial charge is 0.259 e. The number of nitrogens with zero attached hydrogens (tertiary/aromatic N) is 2. The van der Waals surface area contributed by atoms with Crippen LogP contribution in [-0.2, 0) is 0 Å². The van der Waals surface area contributed by atoms with Gasteiger partial charge in [0.25, 0.3) is 5.91 Å². The molecule has 0 aliphatic heterocycles. The van der Waals surface area contributed by atoms with E-state index in [0.29, 0.717) is 17.7 Å². The number of para-hydroxylation sites is 1. The first-order chi connectivity index (χ1) is 13.1. The number of amides is 1. The van der Waals surface area contributed by atoms with E-state index in [-0.39, 0.29) is 11.3 Å². The number of ether oxygens (including phenoxy) is 1. The minimum absolute atomic E-state index is 0.0340. The third-order valence-corrected chi connectivity index (χ3v) is 4.89. The van der Waals surface area contributed by atoms with Crippen molar-refractivity contribution >= 4 is 11.7 Å². The van der Waals surface area contributed by atoms with Crippen LogP contribution >= 0.6 is 0 Å². The van der Waals surface area contributed by atoms with Crippen molar-refractivity contribution in [3.63, 3.8) is 0 Å². The van der Waals surface area contributed by atoms with Crippen molar-refractivity contribution in [1.29, 1.82) is 0 Å². The highest BCUT2D eigenvalue weighted by Gasteiger charge is 2.36. The summed E-state index contributed by atoms with van der Waals surface area (Å²) in [6, 6.07) is 15.9. The van der Waals surface area contributed by atoms with Gasteiger partial charge in [0.1, 0.15) is 5.82 Å². The number of methoxy groups -OCH3 is 1. The van der Waals surface area contributed by atoms with Crippen LogP contribution in [0.1, 0.15) is 35.3 Å². The molecule has 1 fully saturated rings. The van der Waals surface area contributed by atoms with E-state index in [2.05, 4.69) is 17.3 Å². The molecule has 0 spiro atoms. The summed E-state index contributed by atoms with van der Waals surface area (Å²) < 4.78 is 21.1. The van der Waals surface area contributed by atoms with Crippen molar-refractivity contribution in [1.82, 2.24) is 9.78 Å². The predicted octanol–water partition coefficient (Wildman–Crippen LogP) is 4.40. The normalized spacial score (nSPS) is 18.2. The second kappa shape index (κ2) is 6.87. The molecule has 4 rings (SSSR count). The molecule has 3 aromatic rings. The highest BCUT2D eigenvalue weighted by atomic mass is 19.1. The van der Waals surface area contributed by atoms with E-state index < -0.39 is 11.7 Å². The summed E-state index contributed by atoms with van der Waals surface area (Å²) in [6.45, 7) is 2.18. The van der Waals surface area contributed by atoms with Gasteiger partial charge in [-0.15, -0.1) is 0 Å². The van der Waals surface area contributed by atoms with Gasteiger partial charge >= 0.3 is 0 Å². The van der Waals surface area contributed by atoms with Crippen LogP contribution < -0.4 is 10.1 Å². The number of rotatable bonds is 5. The number of nitrogens with one attached hydrogen (secondary N) is 1. The van der Waals surface area contributed by atoms with Gasteiger partial charge in [-0.3, -0.25) is 4.79 Å². The summed E-state index contributed by atoms with van der Waals surface area (Å²) in [5.74, 6) is 0.315. The summed E-state index contributed by atoms with van der Waals surface area (Å²) in [6.07, 6.45) is 1.09. The van der Waals surface area contributed by atoms with E-state index >= 15 is 0 Å². The van der Waals surface area contributed by atoms with Crippen LogP contribution in [0.25, 0.3) is 5.69 Å².